The number of rotatable bonds is 1. The van der Waals surface area contributed by atoms with E-state index in [9.17, 15) is 0 Å². The van der Waals surface area contributed by atoms with Crippen molar-refractivity contribution in [3.8, 4) is 11.5 Å². The van der Waals surface area contributed by atoms with E-state index in [1.807, 2.05) is 0 Å². The van der Waals surface area contributed by atoms with Gasteiger partial charge in [-0.1, -0.05) is 0 Å². The number of hydrogen-bond acceptors (Lipinski definition) is 4. The van der Waals surface area contributed by atoms with Crippen LogP contribution in [0.4, 0.5) is 0 Å². The predicted molar refractivity (Wildman–Crippen MR) is 47.9 cm³/mol. The third kappa shape index (κ3) is 9.34. The summed E-state index contributed by atoms with van der Waals surface area (Å²) < 4.78 is 0. The molecular weight excluding hydrogens is 340 g/mol. The average molecular weight is 354 g/mol. The molecule has 74 valence electrons. The Morgan fingerprint density at radius 2 is 1.08 bits per heavy atom. The van der Waals surface area contributed by atoms with Crippen molar-refractivity contribution >= 4 is 0 Å². The number of benzene rings is 1. The van der Waals surface area contributed by atoms with Gasteiger partial charge >= 0.3 is 0 Å². The SMILES string of the molecule is NCCN.Oc1ccc(O)cc1.[W]. The topological polar surface area (TPSA) is 92.5 Å². The molecule has 0 unspecified atom stereocenters. The molecule has 1 aromatic rings. The van der Waals surface area contributed by atoms with Gasteiger partial charge in [0.25, 0.3) is 0 Å². The second kappa shape index (κ2) is 9.52. The van der Waals surface area contributed by atoms with Crippen LogP contribution in [0.1, 0.15) is 0 Å². The first-order chi connectivity index (χ1) is 5.70. The summed E-state index contributed by atoms with van der Waals surface area (Å²) in [6, 6.07) is 5.70. The normalized spacial score (nSPS) is 7.85. The molecule has 4 nitrogen and oxygen atoms in total. The first-order valence-corrected chi connectivity index (χ1v) is 3.59. The van der Waals surface area contributed by atoms with E-state index in [4.69, 9.17) is 21.7 Å². The Morgan fingerprint density at radius 3 is 1.23 bits per heavy atom. The van der Waals surface area contributed by atoms with Crippen LogP contribution >= 0.6 is 0 Å². The van der Waals surface area contributed by atoms with E-state index < -0.39 is 0 Å². The van der Waals surface area contributed by atoms with Gasteiger partial charge in [0, 0.05) is 34.2 Å². The van der Waals surface area contributed by atoms with Crippen molar-refractivity contribution in [2.24, 2.45) is 11.5 Å². The molecule has 0 amide bonds. The number of nitrogens with two attached hydrogens (primary N) is 2. The van der Waals surface area contributed by atoms with Crippen LogP contribution in [0.3, 0.4) is 0 Å². The van der Waals surface area contributed by atoms with Crippen molar-refractivity contribution in [3.63, 3.8) is 0 Å². The largest absolute Gasteiger partial charge is 0.508 e. The minimum absolute atomic E-state index is 0. The molecule has 1 aromatic carbocycles. The van der Waals surface area contributed by atoms with Crippen molar-refractivity contribution < 1.29 is 31.3 Å². The molecule has 0 aliphatic rings. The summed E-state index contributed by atoms with van der Waals surface area (Å²) >= 11 is 0. The van der Waals surface area contributed by atoms with Crippen LogP contribution in [0.2, 0.25) is 0 Å². The fourth-order valence-electron chi connectivity index (χ4n) is 0.453. The number of aromatic hydroxyl groups is 2. The molecule has 0 atom stereocenters. The summed E-state index contributed by atoms with van der Waals surface area (Å²) in [6.07, 6.45) is 0. The van der Waals surface area contributed by atoms with Crippen molar-refractivity contribution in [1.82, 2.24) is 0 Å². The maximum absolute atomic E-state index is 8.65. The van der Waals surface area contributed by atoms with Crippen molar-refractivity contribution in [2.75, 3.05) is 13.1 Å². The molecule has 0 aliphatic carbocycles. The van der Waals surface area contributed by atoms with E-state index in [2.05, 4.69) is 0 Å². The zero-order chi connectivity index (χ0) is 9.40. The van der Waals surface area contributed by atoms with E-state index in [1.54, 1.807) is 0 Å². The van der Waals surface area contributed by atoms with E-state index in [-0.39, 0.29) is 32.6 Å². The molecule has 0 saturated heterocycles. The molecule has 5 heteroatoms. The molecule has 0 spiro atoms. The zero-order valence-corrected chi connectivity index (χ0v) is 10.1. The molecule has 0 aromatic heterocycles. The minimum atomic E-state index is 0. The van der Waals surface area contributed by atoms with Crippen LogP contribution < -0.4 is 11.5 Å². The molecule has 1 rings (SSSR count). The first kappa shape index (κ1) is 14.9. The van der Waals surface area contributed by atoms with Gasteiger partial charge in [-0.05, 0) is 24.3 Å². The van der Waals surface area contributed by atoms with Crippen LogP contribution in [0.5, 0.6) is 11.5 Å². The van der Waals surface area contributed by atoms with Crippen LogP contribution in [-0.2, 0) is 21.1 Å². The molecule has 0 aliphatic heterocycles. The summed E-state index contributed by atoms with van der Waals surface area (Å²) in [6.45, 7) is 1.19. The third-order valence-corrected chi connectivity index (χ3v) is 1.02. The van der Waals surface area contributed by atoms with Gasteiger partial charge in [0.1, 0.15) is 11.5 Å². The molecular formula is C8H14N2O2W. The third-order valence-electron chi connectivity index (χ3n) is 1.02. The summed E-state index contributed by atoms with van der Waals surface area (Å²) in [5.74, 6) is 0.339. The van der Waals surface area contributed by atoms with E-state index in [0.717, 1.165) is 0 Å². The van der Waals surface area contributed by atoms with Gasteiger partial charge in [0.15, 0.2) is 0 Å². The van der Waals surface area contributed by atoms with E-state index in [0.29, 0.717) is 13.1 Å². The van der Waals surface area contributed by atoms with Gasteiger partial charge < -0.3 is 21.7 Å². The Hall–Kier alpha value is -0.572. The Kier molecular flexibility index (Phi) is 10.9. The molecule has 0 bridgehead atoms. The Labute approximate surface area is 91.8 Å². The van der Waals surface area contributed by atoms with Gasteiger partial charge in [-0.3, -0.25) is 0 Å². The monoisotopic (exact) mass is 354 g/mol. The maximum atomic E-state index is 8.65. The average Bonchev–Trinajstić information content (AvgIpc) is 2.11. The van der Waals surface area contributed by atoms with Gasteiger partial charge in [-0.25, -0.2) is 0 Å². The van der Waals surface area contributed by atoms with Gasteiger partial charge in [0.05, 0.1) is 0 Å². The molecule has 0 saturated carbocycles. The minimum Gasteiger partial charge on any atom is -0.508 e. The smallest absolute Gasteiger partial charge is 0.115 e. The standard InChI is InChI=1S/C6H6O2.C2H8N2.W/c7-5-1-2-6(8)4-3-5;3-1-2-4;/h1-4,7-8H;1-4H2;. The van der Waals surface area contributed by atoms with Crippen molar-refractivity contribution in [1.29, 1.82) is 0 Å². The fourth-order valence-corrected chi connectivity index (χ4v) is 0.453. The van der Waals surface area contributed by atoms with Crippen LogP contribution in [0.25, 0.3) is 0 Å². The van der Waals surface area contributed by atoms with Crippen molar-refractivity contribution in [2.45, 2.75) is 0 Å². The second-order valence-electron chi connectivity index (χ2n) is 2.09. The molecule has 0 heterocycles. The molecule has 0 fully saturated rings. The number of phenolic OH excluding ortho intramolecular Hbond substituents is 2. The van der Waals surface area contributed by atoms with Crippen LogP contribution in [-0.4, -0.2) is 23.3 Å². The van der Waals surface area contributed by atoms with Gasteiger partial charge in [0.2, 0.25) is 0 Å². The molecule has 13 heavy (non-hydrogen) atoms. The van der Waals surface area contributed by atoms with Crippen LogP contribution in [0.15, 0.2) is 24.3 Å². The van der Waals surface area contributed by atoms with Gasteiger partial charge in [-0.2, -0.15) is 0 Å². The van der Waals surface area contributed by atoms with Crippen LogP contribution in [0, 0.1) is 0 Å². The Balaban J connectivity index is 0. The summed E-state index contributed by atoms with van der Waals surface area (Å²) in [7, 11) is 0. The first-order valence-electron chi connectivity index (χ1n) is 3.59. The number of phenols is 2. The van der Waals surface area contributed by atoms with Gasteiger partial charge in [-0.15, -0.1) is 0 Å². The Morgan fingerprint density at radius 1 is 0.846 bits per heavy atom. The van der Waals surface area contributed by atoms with Crippen molar-refractivity contribution in [3.05, 3.63) is 24.3 Å². The molecule has 6 N–H and O–H groups in total. The Bertz CT molecular complexity index is 181. The predicted octanol–water partition coefficient (Wildman–Crippen LogP) is -0.000900. The van der Waals surface area contributed by atoms with E-state index in [1.165, 1.54) is 24.3 Å². The fraction of sp³-hybridized carbons (Fsp3) is 0.250. The molecule has 0 radical (unpaired) electrons. The van der Waals surface area contributed by atoms with E-state index >= 15 is 0 Å². The number of hydrogen-bond donors (Lipinski definition) is 4. The summed E-state index contributed by atoms with van der Waals surface area (Å²) in [5, 5.41) is 17.3. The zero-order valence-electron chi connectivity index (χ0n) is 7.18. The summed E-state index contributed by atoms with van der Waals surface area (Å²) in [5.41, 5.74) is 9.81. The summed E-state index contributed by atoms with van der Waals surface area (Å²) in [4.78, 5) is 0. The maximum Gasteiger partial charge on any atom is 0.115 e. The second-order valence-corrected chi connectivity index (χ2v) is 2.09. The quantitative estimate of drug-likeness (QED) is 0.535.